The maximum absolute atomic E-state index is 12.3. The number of nitrogens with zero attached hydrogens (tertiary/aromatic N) is 3. The lowest BCUT2D eigenvalue weighted by atomic mass is 10.0. The third kappa shape index (κ3) is 3.60. The minimum atomic E-state index is -0.172. The summed E-state index contributed by atoms with van der Waals surface area (Å²) in [5, 5.41) is 4.24. The van der Waals surface area contributed by atoms with Crippen LogP contribution in [0.3, 0.4) is 0 Å². The van der Waals surface area contributed by atoms with E-state index < -0.39 is 0 Å². The van der Waals surface area contributed by atoms with E-state index in [4.69, 9.17) is 0 Å². The van der Waals surface area contributed by atoms with Crippen molar-refractivity contribution in [1.29, 1.82) is 0 Å². The summed E-state index contributed by atoms with van der Waals surface area (Å²) in [6.07, 6.45) is 0. The van der Waals surface area contributed by atoms with E-state index in [0.29, 0.717) is 0 Å². The molecule has 0 saturated heterocycles. The molecular weight excluding hydrogens is 312 g/mol. The Hall–Kier alpha value is -2.95. The van der Waals surface area contributed by atoms with Crippen LogP contribution in [0.15, 0.2) is 47.6 Å². The van der Waals surface area contributed by atoms with Crippen molar-refractivity contribution in [1.82, 2.24) is 15.0 Å². The highest BCUT2D eigenvalue weighted by Crippen LogP contribution is 2.15. The molecule has 0 atom stereocenters. The molecule has 0 fully saturated rings. The van der Waals surface area contributed by atoms with Gasteiger partial charge in [0.15, 0.2) is 0 Å². The molecular formula is C20H22N4O. The van der Waals surface area contributed by atoms with Crippen molar-refractivity contribution in [2.75, 3.05) is 0 Å². The van der Waals surface area contributed by atoms with Gasteiger partial charge in [-0.2, -0.15) is 5.10 Å². The summed E-state index contributed by atoms with van der Waals surface area (Å²) < 4.78 is 1.89. The number of amides is 1. The molecule has 0 bridgehead atoms. The van der Waals surface area contributed by atoms with Crippen LogP contribution in [0.25, 0.3) is 11.0 Å². The standard InChI is InChI=1S/C20H22N4O/c1-13-9-10-17(11-14(13)2)15(3)22-23-20(25)12-24-16(4)21-18-7-5-6-8-19(18)24/h5-11H,12H2,1-4H3,(H,23,25)/b22-15-. The molecule has 0 radical (unpaired) electrons. The van der Waals surface area contributed by atoms with Gasteiger partial charge in [0.05, 0.1) is 16.7 Å². The van der Waals surface area contributed by atoms with Crippen molar-refractivity contribution in [3.63, 3.8) is 0 Å². The molecule has 0 aliphatic heterocycles. The lowest BCUT2D eigenvalue weighted by Gasteiger charge is -2.07. The Bertz CT molecular complexity index is 969. The van der Waals surface area contributed by atoms with Gasteiger partial charge in [-0.1, -0.05) is 24.3 Å². The minimum Gasteiger partial charge on any atom is -0.319 e. The maximum Gasteiger partial charge on any atom is 0.260 e. The monoisotopic (exact) mass is 334 g/mol. The van der Waals surface area contributed by atoms with Crippen LogP contribution >= 0.6 is 0 Å². The first-order valence-corrected chi connectivity index (χ1v) is 8.28. The maximum atomic E-state index is 12.3. The van der Waals surface area contributed by atoms with Gasteiger partial charge in [0.25, 0.3) is 5.91 Å². The number of para-hydroxylation sites is 2. The van der Waals surface area contributed by atoms with Crippen LogP contribution in [0.5, 0.6) is 0 Å². The van der Waals surface area contributed by atoms with E-state index in [0.717, 1.165) is 28.1 Å². The van der Waals surface area contributed by atoms with E-state index in [9.17, 15) is 4.79 Å². The number of benzene rings is 2. The van der Waals surface area contributed by atoms with Crippen molar-refractivity contribution in [2.45, 2.75) is 34.2 Å². The summed E-state index contributed by atoms with van der Waals surface area (Å²) in [5.41, 5.74) is 8.72. The second-order valence-corrected chi connectivity index (χ2v) is 6.27. The lowest BCUT2D eigenvalue weighted by molar-refractivity contribution is -0.121. The van der Waals surface area contributed by atoms with Crippen LogP contribution in [0.2, 0.25) is 0 Å². The molecule has 5 heteroatoms. The fourth-order valence-electron chi connectivity index (χ4n) is 2.75. The number of carbonyl (C=O) groups excluding carboxylic acids is 1. The summed E-state index contributed by atoms with van der Waals surface area (Å²) in [6, 6.07) is 13.9. The van der Waals surface area contributed by atoms with Gasteiger partial charge < -0.3 is 4.57 Å². The summed E-state index contributed by atoms with van der Waals surface area (Å²) in [6.45, 7) is 8.12. The smallest absolute Gasteiger partial charge is 0.260 e. The number of fused-ring (bicyclic) bond motifs is 1. The third-order valence-corrected chi connectivity index (χ3v) is 4.42. The van der Waals surface area contributed by atoms with Gasteiger partial charge in [0.1, 0.15) is 12.4 Å². The first kappa shape index (κ1) is 16.9. The Morgan fingerprint density at radius 1 is 1.12 bits per heavy atom. The number of aromatic nitrogens is 2. The van der Waals surface area contributed by atoms with Gasteiger partial charge in [-0.15, -0.1) is 0 Å². The van der Waals surface area contributed by atoms with Crippen LogP contribution in [-0.4, -0.2) is 21.2 Å². The van der Waals surface area contributed by atoms with E-state index in [1.54, 1.807) is 0 Å². The van der Waals surface area contributed by atoms with Crippen molar-refractivity contribution < 1.29 is 4.79 Å². The molecule has 0 aliphatic carbocycles. The van der Waals surface area contributed by atoms with E-state index in [-0.39, 0.29) is 12.5 Å². The second-order valence-electron chi connectivity index (χ2n) is 6.27. The SMILES string of the molecule is C/C(=N/NC(=O)Cn1c(C)nc2ccccc21)c1ccc(C)c(C)c1. The largest absolute Gasteiger partial charge is 0.319 e. The molecule has 0 aliphatic rings. The normalized spacial score (nSPS) is 11.8. The zero-order valence-corrected chi connectivity index (χ0v) is 15.0. The zero-order chi connectivity index (χ0) is 18.0. The Kier molecular flexibility index (Phi) is 4.65. The van der Waals surface area contributed by atoms with Crippen LogP contribution < -0.4 is 5.43 Å². The van der Waals surface area contributed by atoms with Crippen molar-refractivity contribution in [2.24, 2.45) is 5.10 Å². The molecule has 25 heavy (non-hydrogen) atoms. The average molecular weight is 334 g/mol. The summed E-state index contributed by atoms with van der Waals surface area (Å²) in [4.78, 5) is 16.8. The second kappa shape index (κ2) is 6.89. The van der Waals surface area contributed by atoms with Gasteiger partial charge in [-0.3, -0.25) is 4.79 Å². The summed E-state index contributed by atoms with van der Waals surface area (Å²) >= 11 is 0. The van der Waals surface area contributed by atoms with Gasteiger partial charge in [0.2, 0.25) is 0 Å². The van der Waals surface area contributed by atoms with Crippen molar-refractivity contribution >= 4 is 22.7 Å². The van der Waals surface area contributed by atoms with Gasteiger partial charge >= 0.3 is 0 Å². The number of rotatable bonds is 4. The average Bonchev–Trinajstić information content (AvgIpc) is 2.91. The zero-order valence-electron chi connectivity index (χ0n) is 15.0. The quantitative estimate of drug-likeness (QED) is 0.586. The van der Waals surface area contributed by atoms with E-state index in [1.807, 2.05) is 48.7 Å². The van der Waals surface area contributed by atoms with E-state index in [1.165, 1.54) is 11.1 Å². The van der Waals surface area contributed by atoms with Gasteiger partial charge in [0, 0.05) is 0 Å². The van der Waals surface area contributed by atoms with Crippen molar-refractivity contribution in [3.8, 4) is 0 Å². The molecule has 5 nitrogen and oxygen atoms in total. The molecule has 3 aromatic rings. The highest BCUT2D eigenvalue weighted by molar-refractivity contribution is 5.99. The summed E-state index contributed by atoms with van der Waals surface area (Å²) in [7, 11) is 0. The van der Waals surface area contributed by atoms with E-state index in [2.05, 4.69) is 41.5 Å². The molecule has 1 aromatic heterocycles. The fourth-order valence-corrected chi connectivity index (χ4v) is 2.75. The number of aryl methyl sites for hydroxylation is 3. The van der Waals surface area contributed by atoms with E-state index >= 15 is 0 Å². The van der Waals surface area contributed by atoms with Crippen LogP contribution in [0.1, 0.15) is 29.4 Å². The Morgan fingerprint density at radius 3 is 2.64 bits per heavy atom. The number of hydrogen-bond acceptors (Lipinski definition) is 3. The molecule has 1 N–H and O–H groups in total. The first-order chi connectivity index (χ1) is 12.0. The summed E-state index contributed by atoms with van der Waals surface area (Å²) in [5.74, 6) is 0.639. The fraction of sp³-hybridized carbons (Fsp3) is 0.250. The molecule has 128 valence electrons. The first-order valence-electron chi connectivity index (χ1n) is 8.28. The third-order valence-electron chi connectivity index (χ3n) is 4.42. The Morgan fingerprint density at radius 2 is 1.88 bits per heavy atom. The predicted octanol–water partition coefficient (Wildman–Crippen LogP) is 3.50. The Labute approximate surface area is 147 Å². The molecule has 1 amide bonds. The van der Waals surface area contributed by atoms with Gasteiger partial charge in [-0.05, 0) is 62.6 Å². The molecule has 1 heterocycles. The molecule has 0 unspecified atom stereocenters. The number of carbonyl (C=O) groups is 1. The number of hydrazone groups is 1. The Balaban J connectivity index is 1.73. The molecule has 0 spiro atoms. The van der Waals surface area contributed by atoms with Crippen LogP contribution in [-0.2, 0) is 11.3 Å². The highest BCUT2D eigenvalue weighted by Gasteiger charge is 2.10. The number of imidazole rings is 1. The van der Waals surface area contributed by atoms with Crippen LogP contribution in [0, 0.1) is 20.8 Å². The van der Waals surface area contributed by atoms with Crippen molar-refractivity contribution in [3.05, 3.63) is 65.0 Å². The highest BCUT2D eigenvalue weighted by atomic mass is 16.2. The number of hydrogen-bond donors (Lipinski definition) is 1. The number of nitrogens with one attached hydrogen (secondary N) is 1. The molecule has 2 aromatic carbocycles. The molecule has 3 rings (SSSR count). The van der Waals surface area contributed by atoms with Crippen LogP contribution in [0.4, 0.5) is 0 Å². The topological polar surface area (TPSA) is 59.3 Å². The predicted molar refractivity (Wildman–Crippen MR) is 101 cm³/mol. The minimum absolute atomic E-state index is 0.172. The molecule has 0 saturated carbocycles. The van der Waals surface area contributed by atoms with Gasteiger partial charge in [-0.25, -0.2) is 10.4 Å². The lowest BCUT2D eigenvalue weighted by Crippen LogP contribution is -2.24.